The Labute approximate surface area is 192 Å². The van der Waals surface area contributed by atoms with Crippen LogP contribution in [0.2, 0.25) is 0 Å². The number of benzene rings is 1. The highest BCUT2D eigenvalue weighted by molar-refractivity contribution is 5.88. The number of hydrogen-bond donors (Lipinski definition) is 5. The second-order valence-corrected chi connectivity index (χ2v) is 7.75. The molecule has 2 unspecified atom stereocenters. The Kier molecular flexibility index (Phi) is 7.04. The largest absolute Gasteiger partial charge is 0.477 e. The number of hydrogen-bond acceptors (Lipinski definition) is 7. The van der Waals surface area contributed by atoms with E-state index in [4.69, 9.17) is 5.11 Å². The molecule has 0 aliphatic carbocycles. The summed E-state index contributed by atoms with van der Waals surface area (Å²) in [4.78, 5) is 23.4. The fourth-order valence-electron chi connectivity index (χ4n) is 3.96. The predicted molar refractivity (Wildman–Crippen MR) is 104 cm³/mol. The number of carbonyl (C=O) groups excluding carboxylic acids is 1. The first-order chi connectivity index (χ1) is 16.3. The number of ether oxygens (including phenoxy) is 1. The van der Waals surface area contributed by atoms with Crippen molar-refractivity contribution in [3.63, 3.8) is 0 Å². The third-order valence-corrected chi connectivity index (χ3v) is 5.63. The first-order valence-corrected chi connectivity index (χ1v) is 9.86. The maximum Gasteiger partial charge on any atom is 0.471 e. The number of halogens is 5. The van der Waals surface area contributed by atoms with Gasteiger partial charge in [-0.15, -0.1) is 0 Å². The molecule has 2 heterocycles. The number of carbonyl (C=O) groups is 2. The monoisotopic (exact) mass is 507 g/mol. The van der Waals surface area contributed by atoms with Crippen LogP contribution in [-0.2, 0) is 14.3 Å². The summed E-state index contributed by atoms with van der Waals surface area (Å²) in [5.41, 5.74) is -0.426. The lowest BCUT2D eigenvalue weighted by Gasteiger charge is -2.47. The highest BCUT2D eigenvalue weighted by Gasteiger charge is 2.64. The Balaban J connectivity index is 2.29. The van der Waals surface area contributed by atoms with Gasteiger partial charge in [0.15, 0.2) is 6.17 Å². The molecule has 1 saturated heterocycles. The summed E-state index contributed by atoms with van der Waals surface area (Å²) >= 11 is 0. The van der Waals surface area contributed by atoms with E-state index in [9.17, 15) is 43.3 Å². The minimum Gasteiger partial charge on any atom is -0.477 e. The number of aromatic nitrogens is 1. The third-order valence-electron chi connectivity index (χ3n) is 5.63. The number of amides is 1. The van der Waals surface area contributed by atoms with E-state index >= 15 is 8.78 Å². The molecule has 5 N–H and O–H groups in total. The van der Waals surface area contributed by atoms with E-state index in [1.807, 2.05) is 0 Å². The molecule has 1 fully saturated rings. The van der Waals surface area contributed by atoms with Crippen molar-refractivity contribution in [1.82, 2.24) is 9.88 Å². The number of aliphatic hydroxyl groups is 3. The molecule has 1 amide bonds. The topological polar surface area (TPSA) is 165 Å². The van der Waals surface area contributed by atoms with Gasteiger partial charge in [0, 0.05) is 17.0 Å². The van der Waals surface area contributed by atoms with Gasteiger partial charge in [-0.25, -0.2) is 9.18 Å². The highest BCUT2D eigenvalue weighted by Crippen LogP contribution is 2.43. The molecular formula is C20H18F5N3O7. The normalized spacial score (nSPS) is 28.8. The Bertz CT molecular complexity index is 1170. The van der Waals surface area contributed by atoms with Gasteiger partial charge < -0.3 is 35.0 Å². The van der Waals surface area contributed by atoms with Crippen LogP contribution in [0, 0.1) is 11.3 Å². The molecule has 15 heteroatoms. The first kappa shape index (κ1) is 26.3. The lowest BCUT2D eigenvalue weighted by atomic mass is 9.85. The molecule has 0 spiro atoms. The van der Waals surface area contributed by atoms with Crippen LogP contribution in [0.15, 0.2) is 30.5 Å². The molecule has 190 valence electrons. The quantitative estimate of drug-likeness (QED) is 0.349. The van der Waals surface area contributed by atoms with Crippen molar-refractivity contribution < 1.29 is 56.7 Å². The number of nitrogens with one attached hydrogen (secondary N) is 1. The SMILES string of the molecule is N#Cc1c2ccccc2cn1[C@H]1C(F)C(F)(C(=O)O)O[C@@H]([C@H](O)[C@H](O)CO)[C@@H]1NC(=O)C(F)(F)F. The van der Waals surface area contributed by atoms with E-state index in [-0.39, 0.29) is 10.8 Å². The van der Waals surface area contributed by atoms with Crippen molar-refractivity contribution in [2.24, 2.45) is 0 Å². The molecule has 0 saturated carbocycles. The maximum absolute atomic E-state index is 15.6. The Hall–Kier alpha value is -3.32. The number of nitriles is 1. The van der Waals surface area contributed by atoms with Crippen molar-refractivity contribution in [3.05, 3.63) is 36.2 Å². The summed E-state index contributed by atoms with van der Waals surface area (Å²) in [5.74, 6) is -9.55. The summed E-state index contributed by atoms with van der Waals surface area (Å²) < 4.78 is 75.2. The Morgan fingerprint density at radius 3 is 2.46 bits per heavy atom. The van der Waals surface area contributed by atoms with Crippen molar-refractivity contribution in [2.45, 2.75) is 48.6 Å². The zero-order chi connectivity index (χ0) is 26.3. The zero-order valence-corrected chi connectivity index (χ0v) is 17.4. The van der Waals surface area contributed by atoms with Crippen molar-refractivity contribution in [2.75, 3.05) is 6.61 Å². The number of fused-ring (bicyclic) bond motifs is 1. The van der Waals surface area contributed by atoms with Crippen LogP contribution in [0.25, 0.3) is 10.8 Å². The molecular weight excluding hydrogens is 489 g/mol. The minimum atomic E-state index is -5.56. The van der Waals surface area contributed by atoms with Gasteiger partial charge in [-0.1, -0.05) is 24.3 Å². The standard InChI is InChI=1S/C20H18F5N3O7/c21-16-13(28-6-8-3-1-2-4-9(8)10(28)5-26)12(27-17(32)20(23,24)25)15(14(31)11(30)7-29)35-19(16,22)18(33)34/h1-4,6,11-16,29-31H,7H2,(H,27,32)(H,33,34)/t11-,12-,13-,14-,15-,16?,19?/m1/s1. The number of aliphatic hydroxyl groups excluding tert-OH is 3. The molecule has 7 atom stereocenters. The predicted octanol–water partition coefficient (Wildman–Crippen LogP) is 0.303. The average Bonchev–Trinajstić information content (AvgIpc) is 3.17. The molecule has 0 radical (unpaired) electrons. The van der Waals surface area contributed by atoms with E-state index in [0.29, 0.717) is 4.57 Å². The maximum atomic E-state index is 15.6. The summed E-state index contributed by atoms with van der Waals surface area (Å²) in [6, 6.07) is 2.65. The second kappa shape index (κ2) is 9.38. The van der Waals surface area contributed by atoms with Gasteiger partial charge in [-0.05, 0) is 0 Å². The molecule has 35 heavy (non-hydrogen) atoms. The van der Waals surface area contributed by atoms with Crippen LogP contribution in [0.4, 0.5) is 22.0 Å². The summed E-state index contributed by atoms with van der Waals surface area (Å²) in [6.45, 7) is -1.24. The molecule has 10 nitrogen and oxygen atoms in total. The van der Waals surface area contributed by atoms with Gasteiger partial charge in [0.25, 0.3) is 0 Å². The van der Waals surface area contributed by atoms with E-state index < -0.39 is 72.8 Å². The van der Waals surface area contributed by atoms with Crippen LogP contribution in [0.5, 0.6) is 0 Å². The summed E-state index contributed by atoms with van der Waals surface area (Å²) in [6.07, 6.45) is -15.1. The number of aliphatic carboxylic acids is 1. The number of carboxylic acid groups (broad SMARTS) is 1. The molecule has 2 aromatic rings. The van der Waals surface area contributed by atoms with Crippen LogP contribution in [0.1, 0.15) is 11.7 Å². The molecule has 3 rings (SSSR count). The van der Waals surface area contributed by atoms with Crippen molar-refractivity contribution in [3.8, 4) is 6.07 Å². The van der Waals surface area contributed by atoms with Gasteiger partial charge in [-0.3, -0.25) is 4.79 Å². The lowest BCUT2D eigenvalue weighted by molar-refractivity contribution is -0.283. The molecule has 1 aromatic heterocycles. The fraction of sp³-hybridized carbons (Fsp3) is 0.450. The minimum absolute atomic E-state index is 0.141. The van der Waals surface area contributed by atoms with Crippen molar-refractivity contribution in [1.29, 1.82) is 5.26 Å². The van der Waals surface area contributed by atoms with Gasteiger partial charge >= 0.3 is 23.9 Å². The van der Waals surface area contributed by atoms with Crippen LogP contribution in [0.3, 0.4) is 0 Å². The number of nitrogens with zero attached hydrogens (tertiary/aromatic N) is 2. The number of rotatable bonds is 6. The fourth-order valence-corrected chi connectivity index (χ4v) is 3.96. The van der Waals surface area contributed by atoms with Gasteiger partial charge in [0.2, 0.25) is 0 Å². The van der Waals surface area contributed by atoms with Crippen LogP contribution < -0.4 is 5.32 Å². The number of alkyl halides is 5. The van der Waals surface area contributed by atoms with E-state index in [2.05, 4.69) is 4.74 Å². The molecule has 1 aliphatic heterocycles. The number of carboxylic acids is 1. The van der Waals surface area contributed by atoms with Gasteiger partial charge in [0.05, 0.1) is 18.7 Å². The first-order valence-electron chi connectivity index (χ1n) is 9.86. The molecule has 0 bridgehead atoms. The van der Waals surface area contributed by atoms with E-state index in [1.54, 1.807) is 6.07 Å². The molecule has 1 aliphatic rings. The lowest BCUT2D eigenvalue weighted by Crippen LogP contribution is -2.69. The summed E-state index contributed by atoms with van der Waals surface area (Å²) in [7, 11) is 0. The zero-order valence-electron chi connectivity index (χ0n) is 17.4. The molecule has 1 aromatic carbocycles. The van der Waals surface area contributed by atoms with Crippen LogP contribution in [-0.4, -0.2) is 86.0 Å². The Morgan fingerprint density at radius 1 is 1.29 bits per heavy atom. The van der Waals surface area contributed by atoms with Gasteiger partial charge in [-0.2, -0.15) is 22.8 Å². The van der Waals surface area contributed by atoms with Crippen molar-refractivity contribution >= 4 is 22.6 Å². The van der Waals surface area contributed by atoms with Gasteiger partial charge in [0.1, 0.15) is 30.1 Å². The van der Waals surface area contributed by atoms with E-state index in [0.717, 1.165) is 6.20 Å². The average molecular weight is 507 g/mol. The van der Waals surface area contributed by atoms with Crippen LogP contribution >= 0.6 is 0 Å². The third kappa shape index (κ3) is 4.52. The second-order valence-electron chi connectivity index (χ2n) is 7.75. The Morgan fingerprint density at radius 2 is 1.91 bits per heavy atom. The summed E-state index contributed by atoms with van der Waals surface area (Å²) in [5, 5.41) is 49.9. The highest BCUT2D eigenvalue weighted by atomic mass is 19.4. The van der Waals surface area contributed by atoms with E-state index in [1.165, 1.54) is 29.6 Å². The smallest absolute Gasteiger partial charge is 0.471 e.